The summed E-state index contributed by atoms with van der Waals surface area (Å²) in [6, 6.07) is 6.78. The first-order chi connectivity index (χ1) is 9.17. The van der Waals surface area contributed by atoms with Crippen LogP contribution in [0.3, 0.4) is 0 Å². The topological polar surface area (TPSA) is 75.0 Å². The molecule has 1 aromatic carbocycles. The zero-order valence-electron chi connectivity index (χ0n) is 10.0. The van der Waals surface area contributed by atoms with Gasteiger partial charge in [0.25, 0.3) is 0 Å². The largest absolute Gasteiger partial charge is 0.496 e. The van der Waals surface area contributed by atoms with Crippen LogP contribution in [-0.4, -0.2) is 22.9 Å². The molecule has 0 bridgehead atoms. The summed E-state index contributed by atoms with van der Waals surface area (Å²) < 4.78 is 5.06. The number of methoxy groups -OCH3 is 1. The van der Waals surface area contributed by atoms with Gasteiger partial charge in [-0.2, -0.15) is 0 Å². The molecule has 0 aliphatic carbocycles. The number of rotatable bonds is 3. The van der Waals surface area contributed by atoms with Gasteiger partial charge in [-0.3, -0.25) is 4.79 Å². The van der Waals surface area contributed by atoms with Crippen LogP contribution in [0.2, 0.25) is 0 Å². The van der Waals surface area contributed by atoms with Crippen LogP contribution in [0.1, 0.15) is 15.2 Å². The van der Waals surface area contributed by atoms with Gasteiger partial charge in [0.15, 0.2) is 0 Å². The van der Waals surface area contributed by atoms with Gasteiger partial charge in [-0.25, -0.2) is 4.79 Å². The number of hydrogen-bond donors (Lipinski definition) is 2. The van der Waals surface area contributed by atoms with Crippen LogP contribution in [-0.2, 0) is 0 Å². The fraction of sp³-hybridized carbons (Fsp3) is 0.0769. The highest BCUT2D eigenvalue weighted by molar-refractivity contribution is 7.12. The maximum Gasteiger partial charge on any atom is 0.323 e. The van der Waals surface area contributed by atoms with Gasteiger partial charge in [-0.05, 0) is 18.2 Å². The molecule has 0 saturated heterocycles. The normalized spacial score (nSPS) is 10.8. The Kier molecular flexibility index (Phi) is 2.72. The van der Waals surface area contributed by atoms with Gasteiger partial charge in [0.1, 0.15) is 5.75 Å². The van der Waals surface area contributed by atoms with E-state index in [9.17, 15) is 9.59 Å². The summed E-state index contributed by atoms with van der Waals surface area (Å²) in [6.45, 7) is 0. The number of ether oxygens (including phenoxy) is 1. The van der Waals surface area contributed by atoms with Crippen molar-refractivity contribution in [3.8, 4) is 5.75 Å². The highest BCUT2D eigenvalue weighted by Gasteiger charge is 2.13. The highest BCUT2D eigenvalue weighted by Crippen LogP contribution is 2.24. The number of nitrogens with one attached hydrogen (secondary N) is 2. The number of benzene rings is 1. The molecule has 3 rings (SSSR count). The van der Waals surface area contributed by atoms with Crippen LogP contribution in [0.4, 0.5) is 0 Å². The Morgan fingerprint density at radius 1 is 1.21 bits per heavy atom. The molecule has 0 amide bonds. The first-order valence-corrected chi connectivity index (χ1v) is 6.44. The second-order valence-corrected chi connectivity index (χ2v) is 4.93. The average molecular weight is 274 g/mol. The summed E-state index contributed by atoms with van der Waals surface area (Å²) in [7, 11) is 1.56. The van der Waals surface area contributed by atoms with Crippen LogP contribution >= 0.6 is 11.3 Å². The van der Waals surface area contributed by atoms with Gasteiger partial charge in [0, 0.05) is 17.0 Å². The van der Waals surface area contributed by atoms with Crippen molar-refractivity contribution in [2.24, 2.45) is 0 Å². The van der Waals surface area contributed by atoms with Gasteiger partial charge in [-0.1, -0.05) is 0 Å². The van der Waals surface area contributed by atoms with Crippen LogP contribution < -0.4 is 10.4 Å². The molecule has 3 aromatic rings. The van der Waals surface area contributed by atoms with Crippen molar-refractivity contribution in [2.75, 3.05) is 7.11 Å². The standard InChI is InChI=1S/C13H10N2O3S/c1-18-8-5-11(19-6-8)12(16)7-2-3-9-10(4-7)15-13(17)14-9/h2-6H,1H3,(H2,14,15,17). The number of fused-ring (bicyclic) bond motifs is 1. The lowest BCUT2D eigenvalue weighted by Gasteiger charge is -1.98. The third-order valence-corrected chi connectivity index (χ3v) is 3.72. The second-order valence-electron chi connectivity index (χ2n) is 4.02. The Morgan fingerprint density at radius 3 is 2.74 bits per heavy atom. The summed E-state index contributed by atoms with van der Waals surface area (Å²) in [5.74, 6) is 0.585. The smallest absolute Gasteiger partial charge is 0.323 e. The summed E-state index contributed by atoms with van der Waals surface area (Å²) in [5, 5.41) is 1.78. The molecule has 2 aromatic heterocycles. The van der Waals surface area contributed by atoms with E-state index in [2.05, 4.69) is 9.97 Å². The molecule has 0 unspecified atom stereocenters. The first-order valence-electron chi connectivity index (χ1n) is 5.56. The zero-order valence-corrected chi connectivity index (χ0v) is 10.8. The summed E-state index contributed by atoms with van der Waals surface area (Å²) in [5.41, 5.74) is 1.56. The van der Waals surface area contributed by atoms with Crippen molar-refractivity contribution in [1.29, 1.82) is 0 Å². The lowest BCUT2D eigenvalue weighted by atomic mass is 10.1. The first kappa shape index (κ1) is 11.7. The maximum absolute atomic E-state index is 12.3. The number of ketones is 1. The third kappa shape index (κ3) is 2.06. The van der Waals surface area contributed by atoms with Gasteiger partial charge >= 0.3 is 5.69 Å². The number of carbonyl (C=O) groups excluding carboxylic acids is 1. The van der Waals surface area contributed by atoms with E-state index in [0.29, 0.717) is 27.2 Å². The van der Waals surface area contributed by atoms with Crippen molar-refractivity contribution in [3.63, 3.8) is 0 Å². The Morgan fingerprint density at radius 2 is 2.00 bits per heavy atom. The van der Waals surface area contributed by atoms with Crippen LogP contribution in [0.15, 0.2) is 34.4 Å². The van der Waals surface area contributed by atoms with E-state index in [0.717, 1.165) is 0 Å². The molecule has 0 atom stereocenters. The van der Waals surface area contributed by atoms with E-state index >= 15 is 0 Å². The minimum atomic E-state index is -0.280. The van der Waals surface area contributed by atoms with Crippen molar-refractivity contribution < 1.29 is 9.53 Å². The SMILES string of the molecule is COc1csc(C(=O)c2ccc3[nH]c(=O)[nH]c3c2)c1. The monoisotopic (exact) mass is 274 g/mol. The van der Waals surface area contributed by atoms with Gasteiger partial charge < -0.3 is 14.7 Å². The molecule has 2 N–H and O–H groups in total. The van der Waals surface area contributed by atoms with E-state index in [1.807, 2.05) is 0 Å². The van der Waals surface area contributed by atoms with Crippen molar-refractivity contribution in [1.82, 2.24) is 9.97 Å². The number of aromatic nitrogens is 2. The fourth-order valence-corrected chi connectivity index (χ4v) is 2.68. The van der Waals surface area contributed by atoms with Crippen LogP contribution in [0.25, 0.3) is 11.0 Å². The van der Waals surface area contributed by atoms with Crippen LogP contribution in [0.5, 0.6) is 5.75 Å². The summed E-state index contributed by atoms with van der Waals surface area (Å²) in [4.78, 5) is 29.3. The Labute approximate surface area is 111 Å². The number of H-pyrrole nitrogens is 2. The predicted molar refractivity (Wildman–Crippen MR) is 73.2 cm³/mol. The average Bonchev–Trinajstić information content (AvgIpc) is 3.01. The Bertz CT molecular complexity index is 813. The van der Waals surface area contributed by atoms with Crippen molar-refractivity contribution in [2.45, 2.75) is 0 Å². The van der Waals surface area contributed by atoms with E-state index in [1.54, 1.807) is 36.8 Å². The molecule has 0 aliphatic heterocycles. The van der Waals surface area contributed by atoms with Gasteiger partial charge in [0.2, 0.25) is 5.78 Å². The number of thiophene rings is 1. The fourth-order valence-electron chi connectivity index (χ4n) is 1.86. The number of hydrogen-bond acceptors (Lipinski definition) is 4. The van der Waals surface area contributed by atoms with E-state index < -0.39 is 0 Å². The number of imidazole rings is 1. The molecule has 0 spiro atoms. The molecule has 0 aliphatic rings. The molecule has 0 saturated carbocycles. The van der Waals surface area contributed by atoms with Gasteiger partial charge in [0.05, 0.1) is 23.0 Å². The van der Waals surface area contributed by atoms with E-state index in [1.165, 1.54) is 11.3 Å². The molecule has 19 heavy (non-hydrogen) atoms. The maximum atomic E-state index is 12.3. The van der Waals surface area contributed by atoms with Gasteiger partial charge in [-0.15, -0.1) is 11.3 Å². The molecule has 2 heterocycles. The molecule has 0 radical (unpaired) electrons. The quantitative estimate of drug-likeness (QED) is 0.719. The minimum Gasteiger partial charge on any atom is -0.496 e. The van der Waals surface area contributed by atoms with Crippen molar-refractivity contribution in [3.05, 3.63) is 50.6 Å². The number of carbonyl (C=O) groups is 1. The second kappa shape index (κ2) is 4.40. The molecule has 96 valence electrons. The Hall–Kier alpha value is -2.34. The lowest BCUT2D eigenvalue weighted by molar-refractivity contribution is 0.104. The molecule has 0 fully saturated rings. The summed E-state index contributed by atoms with van der Waals surface area (Å²) >= 11 is 1.33. The van der Waals surface area contributed by atoms with E-state index in [-0.39, 0.29) is 11.5 Å². The molecule has 6 heteroatoms. The molecular formula is C13H10N2O3S. The summed E-state index contributed by atoms with van der Waals surface area (Å²) in [6.07, 6.45) is 0. The van der Waals surface area contributed by atoms with Crippen molar-refractivity contribution >= 4 is 28.2 Å². The lowest BCUT2D eigenvalue weighted by Crippen LogP contribution is -1.99. The highest BCUT2D eigenvalue weighted by atomic mass is 32.1. The predicted octanol–water partition coefficient (Wildman–Crippen LogP) is 2.16. The van der Waals surface area contributed by atoms with Crippen LogP contribution in [0, 0.1) is 0 Å². The number of aromatic amines is 2. The minimum absolute atomic E-state index is 0.0859. The van der Waals surface area contributed by atoms with E-state index in [4.69, 9.17) is 4.74 Å². The third-order valence-electron chi connectivity index (χ3n) is 2.81. The molecule has 5 nitrogen and oxygen atoms in total. The Balaban J connectivity index is 2.03. The molecular weight excluding hydrogens is 264 g/mol. The zero-order chi connectivity index (χ0) is 13.4.